The largest absolute Gasteiger partial charge is 0.474 e. The molecule has 1 fully saturated rings. The van der Waals surface area contributed by atoms with Gasteiger partial charge in [-0.15, -0.1) is 0 Å². The Labute approximate surface area is 123 Å². The molecule has 4 nitrogen and oxygen atoms in total. The standard InChI is InChI=1S/C15H18ClN3O/c1-15(2,17-3)12-8-19-14(20-9-4-5-9)11-7-18-13(16)6-10(11)12/h6-9,17H,4-5H2,1-3H3. The molecule has 0 radical (unpaired) electrons. The molecule has 1 aliphatic rings. The van der Waals surface area contributed by atoms with E-state index in [-0.39, 0.29) is 5.54 Å². The van der Waals surface area contributed by atoms with Crippen LogP contribution in [0.3, 0.4) is 0 Å². The van der Waals surface area contributed by atoms with Crippen molar-refractivity contribution in [3.05, 3.63) is 29.2 Å². The smallest absolute Gasteiger partial charge is 0.223 e. The molecule has 5 heteroatoms. The number of hydrogen-bond acceptors (Lipinski definition) is 4. The molecule has 0 atom stereocenters. The second-order valence-corrected chi connectivity index (χ2v) is 6.11. The molecule has 2 aromatic rings. The van der Waals surface area contributed by atoms with Crippen molar-refractivity contribution in [3.8, 4) is 5.88 Å². The summed E-state index contributed by atoms with van der Waals surface area (Å²) in [5.41, 5.74) is 0.885. The second-order valence-electron chi connectivity index (χ2n) is 5.72. The molecule has 0 unspecified atom stereocenters. The summed E-state index contributed by atoms with van der Waals surface area (Å²) in [7, 11) is 1.93. The van der Waals surface area contributed by atoms with Gasteiger partial charge in [0.2, 0.25) is 5.88 Å². The van der Waals surface area contributed by atoms with Crippen LogP contribution in [0, 0.1) is 0 Å². The van der Waals surface area contributed by atoms with E-state index in [0.717, 1.165) is 29.2 Å². The van der Waals surface area contributed by atoms with Crippen molar-refractivity contribution in [3.63, 3.8) is 0 Å². The molecule has 1 saturated carbocycles. The molecule has 3 rings (SSSR count). The molecule has 20 heavy (non-hydrogen) atoms. The van der Waals surface area contributed by atoms with Crippen LogP contribution in [0.25, 0.3) is 10.8 Å². The average molecular weight is 292 g/mol. The number of nitrogens with one attached hydrogen (secondary N) is 1. The summed E-state index contributed by atoms with van der Waals surface area (Å²) in [6.45, 7) is 4.22. The highest BCUT2D eigenvalue weighted by Crippen LogP contribution is 2.35. The summed E-state index contributed by atoms with van der Waals surface area (Å²) in [5.74, 6) is 0.655. The van der Waals surface area contributed by atoms with Gasteiger partial charge in [-0.25, -0.2) is 9.97 Å². The van der Waals surface area contributed by atoms with Gasteiger partial charge in [0.25, 0.3) is 0 Å². The lowest BCUT2D eigenvalue weighted by Gasteiger charge is -2.26. The van der Waals surface area contributed by atoms with E-state index in [1.807, 2.05) is 19.3 Å². The van der Waals surface area contributed by atoms with E-state index < -0.39 is 0 Å². The zero-order valence-electron chi connectivity index (χ0n) is 11.9. The van der Waals surface area contributed by atoms with Gasteiger partial charge in [-0.2, -0.15) is 0 Å². The van der Waals surface area contributed by atoms with Crippen molar-refractivity contribution < 1.29 is 4.74 Å². The summed E-state index contributed by atoms with van der Waals surface area (Å²) in [5, 5.41) is 5.73. The molecule has 2 aromatic heterocycles. The first-order valence-corrected chi connectivity index (χ1v) is 7.19. The zero-order chi connectivity index (χ0) is 14.3. The van der Waals surface area contributed by atoms with E-state index in [0.29, 0.717) is 17.1 Å². The van der Waals surface area contributed by atoms with Crippen LogP contribution in [-0.4, -0.2) is 23.1 Å². The maximum absolute atomic E-state index is 6.06. The van der Waals surface area contributed by atoms with Crippen LogP contribution in [0.5, 0.6) is 5.88 Å². The van der Waals surface area contributed by atoms with Gasteiger partial charge in [-0.05, 0) is 50.8 Å². The fourth-order valence-electron chi connectivity index (χ4n) is 2.16. The van der Waals surface area contributed by atoms with Crippen LogP contribution < -0.4 is 10.1 Å². The molecule has 0 spiro atoms. The first-order valence-electron chi connectivity index (χ1n) is 6.81. The van der Waals surface area contributed by atoms with Gasteiger partial charge in [0.15, 0.2) is 0 Å². The third kappa shape index (κ3) is 2.45. The van der Waals surface area contributed by atoms with Gasteiger partial charge in [-0.3, -0.25) is 0 Å². The molecule has 0 aliphatic heterocycles. The van der Waals surface area contributed by atoms with E-state index in [1.165, 1.54) is 0 Å². The predicted molar refractivity (Wildman–Crippen MR) is 80.3 cm³/mol. The van der Waals surface area contributed by atoms with Gasteiger partial charge in [0, 0.05) is 17.9 Å². The molecule has 1 N–H and O–H groups in total. The number of rotatable bonds is 4. The minimum atomic E-state index is -0.200. The van der Waals surface area contributed by atoms with Crippen molar-refractivity contribution in [2.75, 3.05) is 7.05 Å². The van der Waals surface area contributed by atoms with Crippen LogP contribution in [0.2, 0.25) is 5.15 Å². The molecule has 0 saturated heterocycles. The maximum atomic E-state index is 6.06. The van der Waals surface area contributed by atoms with Crippen LogP contribution in [0.15, 0.2) is 18.5 Å². The van der Waals surface area contributed by atoms with Crippen LogP contribution in [0.4, 0.5) is 0 Å². The van der Waals surface area contributed by atoms with Gasteiger partial charge in [0.05, 0.1) is 5.39 Å². The quantitative estimate of drug-likeness (QED) is 0.878. The highest BCUT2D eigenvalue weighted by molar-refractivity contribution is 6.30. The molecular weight excluding hydrogens is 274 g/mol. The Morgan fingerprint density at radius 3 is 2.65 bits per heavy atom. The molecule has 1 aliphatic carbocycles. The lowest BCUT2D eigenvalue weighted by Crippen LogP contribution is -2.33. The van der Waals surface area contributed by atoms with Crippen molar-refractivity contribution in [2.45, 2.75) is 38.3 Å². The highest BCUT2D eigenvalue weighted by atomic mass is 35.5. The Morgan fingerprint density at radius 1 is 1.25 bits per heavy atom. The third-order valence-electron chi connectivity index (χ3n) is 3.80. The molecule has 0 amide bonds. The summed E-state index contributed by atoms with van der Waals surface area (Å²) >= 11 is 6.06. The minimum absolute atomic E-state index is 0.200. The monoisotopic (exact) mass is 291 g/mol. The van der Waals surface area contributed by atoms with Gasteiger partial charge in [0.1, 0.15) is 11.3 Å². The summed E-state index contributed by atoms with van der Waals surface area (Å²) in [6.07, 6.45) is 6.14. The fraction of sp³-hybridized carbons (Fsp3) is 0.467. The number of aromatic nitrogens is 2. The Kier molecular flexibility index (Phi) is 3.30. The van der Waals surface area contributed by atoms with Crippen molar-refractivity contribution in [1.82, 2.24) is 15.3 Å². The first-order chi connectivity index (χ1) is 9.51. The summed E-state index contributed by atoms with van der Waals surface area (Å²) in [6, 6.07) is 1.88. The number of nitrogens with zero attached hydrogens (tertiary/aromatic N) is 2. The van der Waals surface area contributed by atoms with Crippen molar-refractivity contribution in [1.29, 1.82) is 0 Å². The SMILES string of the molecule is CNC(C)(C)c1cnc(OC2CC2)c2cnc(Cl)cc12. The van der Waals surface area contributed by atoms with Crippen LogP contribution in [-0.2, 0) is 5.54 Å². The van der Waals surface area contributed by atoms with Crippen LogP contribution in [0.1, 0.15) is 32.3 Å². The Hall–Kier alpha value is -1.39. The Morgan fingerprint density at radius 2 is 2.00 bits per heavy atom. The number of pyridine rings is 2. The van der Waals surface area contributed by atoms with E-state index in [1.54, 1.807) is 6.20 Å². The van der Waals surface area contributed by atoms with Crippen LogP contribution >= 0.6 is 11.6 Å². The molecule has 0 aromatic carbocycles. The molecule has 0 bridgehead atoms. The lowest BCUT2D eigenvalue weighted by atomic mass is 9.92. The fourth-order valence-corrected chi connectivity index (χ4v) is 2.31. The molecular formula is C15H18ClN3O. The van der Waals surface area contributed by atoms with Gasteiger partial charge in [-0.1, -0.05) is 11.6 Å². The van der Waals surface area contributed by atoms with E-state index >= 15 is 0 Å². The van der Waals surface area contributed by atoms with Gasteiger partial charge >= 0.3 is 0 Å². The normalized spacial score (nSPS) is 15.6. The van der Waals surface area contributed by atoms with E-state index in [2.05, 4.69) is 29.1 Å². The van der Waals surface area contributed by atoms with E-state index in [4.69, 9.17) is 16.3 Å². The summed E-state index contributed by atoms with van der Waals surface area (Å²) in [4.78, 5) is 8.66. The number of ether oxygens (including phenoxy) is 1. The Balaban J connectivity index is 2.19. The Bertz CT molecular complexity index is 653. The first kappa shape index (κ1) is 13.6. The summed E-state index contributed by atoms with van der Waals surface area (Å²) < 4.78 is 5.87. The minimum Gasteiger partial charge on any atom is -0.474 e. The predicted octanol–water partition coefficient (Wildman–Crippen LogP) is 3.28. The van der Waals surface area contributed by atoms with Crippen molar-refractivity contribution >= 4 is 22.4 Å². The zero-order valence-corrected chi connectivity index (χ0v) is 12.7. The highest BCUT2D eigenvalue weighted by Gasteiger charge is 2.27. The van der Waals surface area contributed by atoms with E-state index in [9.17, 15) is 0 Å². The number of fused-ring (bicyclic) bond motifs is 1. The lowest BCUT2D eigenvalue weighted by molar-refractivity contribution is 0.294. The van der Waals surface area contributed by atoms with Crippen molar-refractivity contribution in [2.24, 2.45) is 0 Å². The van der Waals surface area contributed by atoms with Gasteiger partial charge < -0.3 is 10.1 Å². The average Bonchev–Trinajstić information content (AvgIpc) is 3.22. The molecule has 2 heterocycles. The third-order valence-corrected chi connectivity index (χ3v) is 4.01. The number of hydrogen-bond donors (Lipinski definition) is 1. The second kappa shape index (κ2) is 4.86. The maximum Gasteiger partial charge on any atom is 0.223 e. The number of halogens is 1. The molecule has 106 valence electrons. The topological polar surface area (TPSA) is 47.0 Å².